The number of ether oxygens (including phenoxy) is 1. The van der Waals surface area contributed by atoms with Crippen molar-refractivity contribution in [1.29, 1.82) is 0 Å². The predicted octanol–water partition coefficient (Wildman–Crippen LogP) is 1.95. The number of fused-ring (bicyclic) bond motifs is 1. The molecule has 5 atom stereocenters. The fraction of sp³-hybridized carbons (Fsp3) is 0.609. The van der Waals surface area contributed by atoms with Crippen molar-refractivity contribution in [2.45, 2.75) is 56.8 Å². The standard InChI is InChI=1S/C23H30ClN3O5/c1-2-11-25-20(29)17-16-9-10-23(32-16)18(17)22(31)27(12-3-4-13-28)19(23)21(30)26-15-7-5-14(24)6-8-15/h5-8,16-19,28H,2-4,9-13H2,1H3,(H,25,29)(H,26,30)/t16-,17+,18+,19?,23?/m1/s1. The molecule has 3 amide bonds. The molecule has 9 heteroatoms. The van der Waals surface area contributed by atoms with Crippen molar-refractivity contribution in [2.24, 2.45) is 11.8 Å². The van der Waals surface area contributed by atoms with E-state index in [1.807, 2.05) is 6.92 Å². The number of nitrogens with one attached hydrogen (secondary N) is 2. The van der Waals surface area contributed by atoms with Crippen LogP contribution in [0.2, 0.25) is 5.02 Å². The van der Waals surface area contributed by atoms with Crippen molar-refractivity contribution in [3.8, 4) is 0 Å². The van der Waals surface area contributed by atoms with E-state index in [1.165, 1.54) is 0 Å². The van der Waals surface area contributed by atoms with Crippen LogP contribution < -0.4 is 10.6 Å². The molecular weight excluding hydrogens is 434 g/mol. The summed E-state index contributed by atoms with van der Waals surface area (Å²) in [4.78, 5) is 41.6. The highest BCUT2D eigenvalue weighted by molar-refractivity contribution is 6.30. The van der Waals surface area contributed by atoms with Gasteiger partial charge in [-0.3, -0.25) is 14.4 Å². The van der Waals surface area contributed by atoms with Crippen molar-refractivity contribution in [3.05, 3.63) is 29.3 Å². The molecule has 4 rings (SSSR count). The second-order valence-corrected chi connectivity index (χ2v) is 9.24. The molecule has 3 fully saturated rings. The lowest BCUT2D eigenvalue weighted by Crippen LogP contribution is -2.53. The number of benzene rings is 1. The van der Waals surface area contributed by atoms with Gasteiger partial charge in [-0.2, -0.15) is 0 Å². The molecule has 3 aliphatic heterocycles. The number of carbonyl (C=O) groups is 3. The topological polar surface area (TPSA) is 108 Å². The Kier molecular flexibility index (Phi) is 6.74. The number of hydrogen-bond donors (Lipinski definition) is 3. The lowest BCUT2D eigenvalue weighted by molar-refractivity contribution is -0.140. The summed E-state index contributed by atoms with van der Waals surface area (Å²) in [6.07, 6.45) is 2.73. The molecule has 2 unspecified atom stereocenters. The van der Waals surface area contributed by atoms with E-state index >= 15 is 0 Å². The maximum atomic E-state index is 13.6. The van der Waals surface area contributed by atoms with Crippen LogP contribution in [-0.2, 0) is 19.1 Å². The fourth-order valence-corrected chi connectivity index (χ4v) is 5.62. The van der Waals surface area contributed by atoms with Gasteiger partial charge in [-0.25, -0.2) is 0 Å². The average Bonchev–Trinajstić information content (AvgIpc) is 3.41. The van der Waals surface area contributed by atoms with Crippen LogP contribution in [0.3, 0.4) is 0 Å². The van der Waals surface area contributed by atoms with Crippen molar-refractivity contribution < 1.29 is 24.2 Å². The van der Waals surface area contributed by atoms with Gasteiger partial charge in [-0.15, -0.1) is 0 Å². The molecule has 0 radical (unpaired) electrons. The van der Waals surface area contributed by atoms with Crippen LogP contribution in [0.5, 0.6) is 0 Å². The number of aliphatic hydroxyl groups excluding tert-OH is 1. The molecule has 0 aliphatic carbocycles. The van der Waals surface area contributed by atoms with E-state index in [0.717, 1.165) is 6.42 Å². The molecule has 0 saturated carbocycles. The first-order chi connectivity index (χ1) is 15.4. The summed E-state index contributed by atoms with van der Waals surface area (Å²) in [5, 5.41) is 15.6. The molecule has 3 aliphatic rings. The average molecular weight is 464 g/mol. The number of hydrogen-bond acceptors (Lipinski definition) is 5. The van der Waals surface area contributed by atoms with Crippen molar-refractivity contribution in [2.75, 3.05) is 25.0 Å². The zero-order valence-corrected chi connectivity index (χ0v) is 18.9. The minimum atomic E-state index is -1.01. The highest BCUT2D eigenvalue weighted by Crippen LogP contribution is 2.58. The number of aliphatic hydroxyl groups is 1. The second-order valence-electron chi connectivity index (χ2n) is 8.81. The van der Waals surface area contributed by atoms with Crippen LogP contribution in [0.1, 0.15) is 39.0 Å². The number of anilines is 1. The zero-order chi connectivity index (χ0) is 22.9. The zero-order valence-electron chi connectivity index (χ0n) is 18.2. The van der Waals surface area contributed by atoms with Crippen molar-refractivity contribution >= 4 is 35.0 Å². The van der Waals surface area contributed by atoms with Gasteiger partial charge in [0.1, 0.15) is 11.6 Å². The van der Waals surface area contributed by atoms with Crippen LogP contribution in [0.25, 0.3) is 0 Å². The van der Waals surface area contributed by atoms with Gasteiger partial charge in [0.15, 0.2) is 0 Å². The Labute approximate surface area is 192 Å². The highest BCUT2D eigenvalue weighted by atomic mass is 35.5. The first kappa shape index (κ1) is 23.0. The molecule has 3 saturated heterocycles. The van der Waals surface area contributed by atoms with E-state index in [9.17, 15) is 19.5 Å². The quantitative estimate of drug-likeness (QED) is 0.485. The number of rotatable bonds is 9. The SMILES string of the molecule is CCCNC(=O)[C@@H]1[C@H]2C(=O)N(CCCCO)C(C(=O)Nc3ccc(Cl)cc3)C23CC[C@H]1O3. The molecule has 0 aromatic heterocycles. The van der Waals surface area contributed by atoms with Crippen molar-refractivity contribution in [3.63, 3.8) is 0 Å². The van der Waals surface area contributed by atoms with Crippen LogP contribution in [-0.4, -0.2) is 65.2 Å². The molecule has 3 N–H and O–H groups in total. The van der Waals surface area contributed by atoms with Gasteiger partial charge in [0, 0.05) is 30.4 Å². The molecule has 32 heavy (non-hydrogen) atoms. The van der Waals surface area contributed by atoms with Gasteiger partial charge in [-0.1, -0.05) is 18.5 Å². The van der Waals surface area contributed by atoms with Crippen molar-refractivity contribution in [1.82, 2.24) is 10.2 Å². The lowest BCUT2D eigenvalue weighted by Gasteiger charge is -2.33. The number of likely N-dealkylation sites (tertiary alicyclic amines) is 1. The Morgan fingerprint density at radius 1 is 1.25 bits per heavy atom. The van der Waals surface area contributed by atoms with E-state index in [0.29, 0.717) is 49.5 Å². The predicted molar refractivity (Wildman–Crippen MR) is 119 cm³/mol. The number of nitrogens with zero attached hydrogens (tertiary/aromatic N) is 1. The van der Waals surface area contributed by atoms with Gasteiger partial charge < -0.3 is 25.4 Å². The third-order valence-electron chi connectivity index (χ3n) is 6.82. The molecule has 8 nitrogen and oxygen atoms in total. The lowest BCUT2D eigenvalue weighted by atomic mass is 9.70. The fourth-order valence-electron chi connectivity index (χ4n) is 5.50. The van der Waals surface area contributed by atoms with Gasteiger partial charge in [0.25, 0.3) is 0 Å². The molecule has 1 aromatic rings. The number of unbranched alkanes of at least 4 members (excludes halogenated alkanes) is 1. The maximum Gasteiger partial charge on any atom is 0.250 e. The third-order valence-corrected chi connectivity index (χ3v) is 7.07. The summed E-state index contributed by atoms with van der Waals surface area (Å²) in [5.74, 6) is -1.98. The first-order valence-corrected chi connectivity index (χ1v) is 11.7. The minimum Gasteiger partial charge on any atom is -0.396 e. The smallest absolute Gasteiger partial charge is 0.250 e. The van der Waals surface area contributed by atoms with Gasteiger partial charge >= 0.3 is 0 Å². The van der Waals surface area contributed by atoms with Crippen LogP contribution in [0.15, 0.2) is 24.3 Å². The molecular formula is C23H30ClN3O5. The summed E-state index contributed by atoms with van der Waals surface area (Å²) in [6.45, 7) is 2.85. The third kappa shape index (κ3) is 3.89. The summed E-state index contributed by atoms with van der Waals surface area (Å²) in [6, 6.07) is 5.95. The van der Waals surface area contributed by atoms with E-state index < -0.39 is 23.5 Å². The summed E-state index contributed by atoms with van der Waals surface area (Å²) >= 11 is 5.95. The monoisotopic (exact) mass is 463 g/mol. The van der Waals surface area contributed by atoms with Gasteiger partial charge in [0.2, 0.25) is 17.7 Å². The summed E-state index contributed by atoms with van der Waals surface area (Å²) < 4.78 is 6.34. The minimum absolute atomic E-state index is 0.0128. The van der Waals surface area contributed by atoms with Crippen LogP contribution in [0, 0.1) is 11.8 Å². The number of amides is 3. The Hall–Kier alpha value is -2.16. The highest BCUT2D eigenvalue weighted by Gasteiger charge is 2.74. The largest absolute Gasteiger partial charge is 0.396 e. The Balaban J connectivity index is 1.63. The van der Waals surface area contributed by atoms with E-state index in [2.05, 4.69) is 10.6 Å². The van der Waals surface area contributed by atoms with Crippen LogP contribution >= 0.6 is 11.6 Å². The molecule has 1 aromatic carbocycles. The molecule has 174 valence electrons. The van der Waals surface area contributed by atoms with Gasteiger partial charge in [0.05, 0.1) is 17.9 Å². The summed E-state index contributed by atoms with van der Waals surface area (Å²) in [5.41, 5.74) is -0.433. The Morgan fingerprint density at radius 2 is 2.00 bits per heavy atom. The normalized spacial score (nSPS) is 30.5. The Bertz CT molecular complexity index is 879. The molecule has 2 bridgehead atoms. The van der Waals surface area contributed by atoms with E-state index in [1.54, 1.807) is 29.2 Å². The second kappa shape index (κ2) is 9.37. The van der Waals surface area contributed by atoms with Crippen LogP contribution in [0.4, 0.5) is 5.69 Å². The number of halogens is 1. The maximum absolute atomic E-state index is 13.6. The molecule has 3 heterocycles. The Morgan fingerprint density at radius 3 is 2.69 bits per heavy atom. The van der Waals surface area contributed by atoms with Gasteiger partial charge in [-0.05, 0) is 56.4 Å². The number of carbonyl (C=O) groups excluding carboxylic acids is 3. The molecule has 1 spiro atoms. The van der Waals surface area contributed by atoms with E-state index in [4.69, 9.17) is 16.3 Å². The van der Waals surface area contributed by atoms with E-state index in [-0.39, 0.29) is 30.4 Å². The summed E-state index contributed by atoms with van der Waals surface area (Å²) in [7, 11) is 0. The first-order valence-electron chi connectivity index (χ1n) is 11.4.